The van der Waals surface area contributed by atoms with Crippen LogP contribution in [0.2, 0.25) is 0 Å². The molecule has 0 atom stereocenters. The van der Waals surface area contributed by atoms with Crippen molar-refractivity contribution >= 4 is 31.5 Å². The zero-order chi connectivity index (χ0) is 14.1. The molecule has 7 heteroatoms. The SMILES string of the molecule is O=[N+]([O-])c1ccccc1S(=O)(=O)CC1(CBr)CCC1. The molecule has 1 aliphatic carbocycles. The second kappa shape index (κ2) is 5.20. The second-order valence-electron chi connectivity index (χ2n) is 4.97. The number of alkyl halides is 1. The predicted molar refractivity (Wildman–Crippen MR) is 75.2 cm³/mol. The van der Waals surface area contributed by atoms with Gasteiger partial charge < -0.3 is 0 Å². The maximum absolute atomic E-state index is 12.4. The van der Waals surface area contributed by atoms with Crippen LogP contribution in [0.3, 0.4) is 0 Å². The van der Waals surface area contributed by atoms with Crippen LogP contribution in [0.5, 0.6) is 0 Å². The molecule has 1 aromatic rings. The number of hydrogen-bond donors (Lipinski definition) is 0. The lowest BCUT2D eigenvalue weighted by Crippen LogP contribution is -2.38. The van der Waals surface area contributed by atoms with Crippen molar-refractivity contribution in [3.05, 3.63) is 34.4 Å². The van der Waals surface area contributed by atoms with E-state index in [9.17, 15) is 18.5 Å². The second-order valence-corrected chi connectivity index (χ2v) is 7.49. The van der Waals surface area contributed by atoms with Gasteiger partial charge in [-0.15, -0.1) is 0 Å². The Morgan fingerprint density at radius 2 is 1.95 bits per heavy atom. The van der Waals surface area contributed by atoms with Crippen LogP contribution in [-0.4, -0.2) is 24.4 Å². The summed E-state index contributed by atoms with van der Waals surface area (Å²) in [6.45, 7) is 0. The molecule has 1 aromatic carbocycles. The van der Waals surface area contributed by atoms with Crippen LogP contribution in [-0.2, 0) is 9.84 Å². The Hall–Kier alpha value is -0.950. The van der Waals surface area contributed by atoms with Crippen LogP contribution in [0.25, 0.3) is 0 Å². The molecule has 0 unspecified atom stereocenters. The first-order valence-electron chi connectivity index (χ1n) is 5.92. The third kappa shape index (κ3) is 2.81. The van der Waals surface area contributed by atoms with E-state index in [0.29, 0.717) is 5.33 Å². The van der Waals surface area contributed by atoms with E-state index in [1.807, 2.05) is 0 Å². The number of nitro benzene ring substituents is 1. The zero-order valence-electron chi connectivity index (χ0n) is 10.2. The van der Waals surface area contributed by atoms with Crippen LogP contribution in [0.15, 0.2) is 29.2 Å². The molecule has 1 saturated carbocycles. The van der Waals surface area contributed by atoms with Gasteiger partial charge in [-0.3, -0.25) is 10.1 Å². The number of rotatable bonds is 5. The Labute approximate surface area is 120 Å². The molecule has 1 fully saturated rings. The van der Waals surface area contributed by atoms with Gasteiger partial charge in [0.05, 0.1) is 10.7 Å². The van der Waals surface area contributed by atoms with Gasteiger partial charge in [0.15, 0.2) is 9.84 Å². The number of sulfone groups is 1. The molecule has 5 nitrogen and oxygen atoms in total. The molecule has 0 spiro atoms. The number of para-hydroxylation sites is 1. The first-order valence-corrected chi connectivity index (χ1v) is 8.70. The third-order valence-corrected chi connectivity index (χ3v) is 6.79. The van der Waals surface area contributed by atoms with Crippen molar-refractivity contribution in [3.8, 4) is 0 Å². The zero-order valence-corrected chi connectivity index (χ0v) is 12.6. The summed E-state index contributed by atoms with van der Waals surface area (Å²) in [7, 11) is -3.64. The lowest BCUT2D eigenvalue weighted by atomic mass is 9.72. The van der Waals surface area contributed by atoms with Gasteiger partial charge in [-0.2, -0.15) is 0 Å². The molecule has 19 heavy (non-hydrogen) atoms. The number of halogens is 1. The predicted octanol–water partition coefficient (Wildman–Crippen LogP) is 2.93. The highest BCUT2D eigenvalue weighted by atomic mass is 79.9. The third-order valence-electron chi connectivity index (χ3n) is 3.59. The smallest absolute Gasteiger partial charge is 0.258 e. The summed E-state index contributed by atoms with van der Waals surface area (Å²) in [4.78, 5) is 10.1. The van der Waals surface area contributed by atoms with Gasteiger partial charge in [0.1, 0.15) is 4.90 Å². The topological polar surface area (TPSA) is 77.3 Å². The van der Waals surface area contributed by atoms with Gasteiger partial charge >= 0.3 is 0 Å². The molecular formula is C12H14BrNO4S. The summed E-state index contributed by atoms with van der Waals surface area (Å²) in [5, 5.41) is 11.5. The Morgan fingerprint density at radius 3 is 2.42 bits per heavy atom. The van der Waals surface area contributed by atoms with Crippen molar-refractivity contribution in [1.82, 2.24) is 0 Å². The van der Waals surface area contributed by atoms with Gasteiger partial charge in [0, 0.05) is 11.4 Å². The largest absolute Gasteiger partial charge is 0.287 e. The fourth-order valence-electron chi connectivity index (χ4n) is 2.35. The van der Waals surface area contributed by atoms with E-state index in [-0.39, 0.29) is 21.8 Å². The van der Waals surface area contributed by atoms with Crippen molar-refractivity contribution in [3.63, 3.8) is 0 Å². The lowest BCUT2D eigenvalue weighted by Gasteiger charge is -2.40. The van der Waals surface area contributed by atoms with Crippen molar-refractivity contribution in [2.75, 3.05) is 11.1 Å². The lowest BCUT2D eigenvalue weighted by molar-refractivity contribution is -0.387. The maximum atomic E-state index is 12.4. The van der Waals surface area contributed by atoms with Crippen LogP contribution in [0.1, 0.15) is 19.3 Å². The molecular weight excluding hydrogens is 334 g/mol. The van der Waals surface area contributed by atoms with E-state index in [2.05, 4.69) is 15.9 Å². The van der Waals surface area contributed by atoms with E-state index < -0.39 is 14.8 Å². The number of nitrogens with zero attached hydrogens (tertiary/aromatic N) is 1. The quantitative estimate of drug-likeness (QED) is 0.466. The highest BCUT2D eigenvalue weighted by Crippen LogP contribution is 2.44. The molecule has 0 radical (unpaired) electrons. The fraction of sp³-hybridized carbons (Fsp3) is 0.500. The maximum Gasteiger partial charge on any atom is 0.287 e. The molecule has 1 aliphatic rings. The van der Waals surface area contributed by atoms with Gasteiger partial charge in [-0.1, -0.05) is 34.5 Å². The number of hydrogen-bond acceptors (Lipinski definition) is 4. The van der Waals surface area contributed by atoms with Crippen molar-refractivity contribution in [2.45, 2.75) is 24.2 Å². The van der Waals surface area contributed by atoms with Crippen molar-refractivity contribution in [2.24, 2.45) is 5.41 Å². The van der Waals surface area contributed by atoms with Gasteiger partial charge in [-0.25, -0.2) is 8.42 Å². The summed E-state index contributed by atoms with van der Waals surface area (Å²) in [6, 6.07) is 5.53. The first-order chi connectivity index (χ1) is 8.90. The minimum absolute atomic E-state index is 0.0316. The van der Waals surface area contributed by atoms with Gasteiger partial charge in [0.25, 0.3) is 5.69 Å². The minimum atomic E-state index is -3.64. The van der Waals surface area contributed by atoms with Crippen LogP contribution < -0.4 is 0 Å². The highest BCUT2D eigenvalue weighted by molar-refractivity contribution is 9.09. The average molecular weight is 348 g/mol. The molecule has 0 aromatic heterocycles. The summed E-state index contributed by atoms with van der Waals surface area (Å²) in [5.41, 5.74) is -0.603. The standard InChI is InChI=1S/C12H14BrNO4S/c13-8-12(6-3-7-12)9-19(17,18)11-5-2-1-4-10(11)14(15)16/h1-2,4-5H,3,6-9H2. The van der Waals surface area contributed by atoms with Crippen LogP contribution in [0.4, 0.5) is 5.69 Å². The molecule has 0 heterocycles. The van der Waals surface area contributed by atoms with E-state index >= 15 is 0 Å². The van der Waals surface area contributed by atoms with Crippen LogP contribution in [0, 0.1) is 15.5 Å². The normalized spacial score (nSPS) is 17.7. The van der Waals surface area contributed by atoms with E-state index in [0.717, 1.165) is 19.3 Å². The monoisotopic (exact) mass is 347 g/mol. The van der Waals surface area contributed by atoms with E-state index in [4.69, 9.17) is 0 Å². The fourth-order valence-corrected chi connectivity index (χ4v) is 5.47. The van der Waals surface area contributed by atoms with E-state index in [1.54, 1.807) is 0 Å². The van der Waals surface area contributed by atoms with Crippen molar-refractivity contribution < 1.29 is 13.3 Å². The molecule has 0 amide bonds. The van der Waals surface area contributed by atoms with Gasteiger partial charge in [-0.05, 0) is 24.3 Å². The summed E-state index contributed by atoms with van der Waals surface area (Å²) in [5.74, 6) is -0.0316. The molecule has 0 N–H and O–H groups in total. The Bertz CT molecular complexity index is 590. The molecule has 0 saturated heterocycles. The van der Waals surface area contributed by atoms with E-state index in [1.165, 1.54) is 24.3 Å². The molecule has 0 bridgehead atoms. The minimum Gasteiger partial charge on any atom is -0.258 e. The van der Waals surface area contributed by atoms with Crippen molar-refractivity contribution in [1.29, 1.82) is 0 Å². The first kappa shape index (κ1) is 14.5. The molecule has 0 aliphatic heterocycles. The summed E-state index contributed by atoms with van der Waals surface area (Å²) in [6.07, 6.45) is 2.70. The molecule has 2 rings (SSSR count). The molecule has 104 valence electrons. The number of nitro groups is 1. The number of benzene rings is 1. The van der Waals surface area contributed by atoms with Crippen LogP contribution >= 0.6 is 15.9 Å². The Morgan fingerprint density at radius 1 is 1.32 bits per heavy atom. The summed E-state index contributed by atoms with van der Waals surface area (Å²) >= 11 is 3.36. The summed E-state index contributed by atoms with van der Waals surface area (Å²) < 4.78 is 24.8. The average Bonchev–Trinajstić information content (AvgIpc) is 2.34. The Kier molecular flexibility index (Phi) is 3.96. The van der Waals surface area contributed by atoms with Gasteiger partial charge in [0.2, 0.25) is 0 Å². The highest BCUT2D eigenvalue weighted by Gasteiger charge is 2.41. The Balaban J connectivity index is 2.37.